The summed E-state index contributed by atoms with van der Waals surface area (Å²) in [5, 5.41) is 13.7. The van der Waals surface area contributed by atoms with Gasteiger partial charge in [-0.1, -0.05) is 0 Å². The van der Waals surface area contributed by atoms with Crippen molar-refractivity contribution in [2.45, 2.75) is 26.2 Å². The van der Waals surface area contributed by atoms with Crippen LogP contribution in [-0.2, 0) is 4.79 Å². The van der Waals surface area contributed by atoms with Gasteiger partial charge in [-0.3, -0.25) is 19.7 Å². The molecule has 8 nitrogen and oxygen atoms in total. The maximum absolute atomic E-state index is 12.6. The highest BCUT2D eigenvalue weighted by Crippen LogP contribution is 2.33. The number of ether oxygens (including phenoxy) is 1. The second-order valence-corrected chi connectivity index (χ2v) is 6.60. The van der Waals surface area contributed by atoms with E-state index in [1.807, 2.05) is 0 Å². The van der Waals surface area contributed by atoms with Crippen LogP contribution in [0.1, 0.15) is 35.2 Å². The van der Waals surface area contributed by atoms with Gasteiger partial charge in [0.05, 0.1) is 17.7 Å². The Morgan fingerprint density at radius 2 is 2.00 bits per heavy atom. The van der Waals surface area contributed by atoms with E-state index >= 15 is 0 Å². The zero-order valence-corrected chi connectivity index (χ0v) is 15.7. The molecule has 0 unspecified atom stereocenters. The minimum Gasteiger partial charge on any atom is -0.495 e. The number of nitro groups is 1. The first kappa shape index (κ1) is 19.3. The van der Waals surface area contributed by atoms with Crippen LogP contribution in [0, 0.1) is 17.0 Å². The molecule has 2 amide bonds. The molecule has 28 heavy (non-hydrogen) atoms. The number of nitrogens with zero attached hydrogens (tertiary/aromatic N) is 2. The van der Waals surface area contributed by atoms with Crippen LogP contribution in [0.15, 0.2) is 36.4 Å². The summed E-state index contributed by atoms with van der Waals surface area (Å²) in [6.45, 7) is 2.19. The fourth-order valence-corrected chi connectivity index (χ4v) is 3.24. The zero-order chi connectivity index (χ0) is 20.3. The van der Waals surface area contributed by atoms with Crippen LogP contribution in [0.25, 0.3) is 0 Å². The van der Waals surface area contributed by atoms with Gasteiger partial charge in [-0.2, -0.15) is 0 Å². The van der Waals surface area contributed by atoms with E-state index < -0.39 is 4.92 Å². The number of anilines is 2. The number of hydrogen-bond acceptors (Lipinski definition) is 5. The molecule has 0 saturated carbocycles. The third-order valence-corrected chi connectivity index (χ3v) is 4.71. The minimum absolute atomic E-state index is 0.0269. The molecule has 3 rings (SSSR count). The molecule has 146 valence electrons. The van der Waals surface area contributed by atoms with Crippen molar-refractivity contribution in [1.29, 1.82) is 0 Å². The first-order valence-corrected chi connectivity index (χ1v) is 8.95. The average Bonchev–Trinajstić information content (AvgIpc) is 2.68. The lowest BCUT2D eigenvalue weighted by molar-refractivity contribution is -0.385. The Bertz CT molecular complexity index is 941. The van der Waals surface area contributed by atoms with Gasteiger partial charge < -0.3 is 15.0 Å². The van der Waals surface area contributed by atoms with Crippen molar-refractivity contribution in [3.05, 3.63) is 57.6 Å². The molecule has 0 bridgehead atoms. The number of rotatable bonds is 5. The summed E-state index contributed by atoms with van der Waals surface area (Å²) >= 11 is 0. The summed E-state index contributed by atoms with van der Waals surface area (Å²) in [5.74, 6) is 0.192. The van der Waals surface area contributed by atoms with Crippen LogP contribution in [0.2, 0.25) is 0 Å². The van der Waals surface area contributed by atoms with Gasteiger partial charge in [0.25, 0.3) is 11.6 Å². The topological polar surface area (TPSA) is 102 Å². The third kappa shape index (κ3) is 3.95. The van der Waals surface area contributed by atoms with Crippen LogP contribution in [-0.4, -0.2) is 30.4 Å². The van der Waals surface area contributed by atoms with Crippen LogP contribution in [0.5, 0.6) is 5.75 Å². The van der Waals surface area contributed by atoms with Crippen LogP contribution in [0.4, 0.5) is 17.1 Å². The first-order chi connectivity index (χ1) is 13.4. The molecule has 0 atom stereocenters. The van der Waals surface area contributed by atoms with Gasteiger partial charge in [0.15, 0.2) is 0 Å². The smallest absolute Gasteiger partial charge is 0.272 e. The van der Waals surface area contributed by atoms with Crippen molar-refractivity contribution in [3.63, 3.8) is 0 Å². The highest BCUT2D eigenvalue weighted by molar-refractivity contribution is 6.05. The van der Waals surface area contributed by atoms with E-state index in [9.17, 15) is 19.7 Å². The third-order valence-electron chi connectivity index (χ3n) is 4.71. The average molecular weight is 383 g/mol. The molecule has 1 fully saturated rings. The quantitative estimate of drug-likeness (QED) is 0.627. The van der Waals surface area contributed by atoms with Gasteiger partial charge in [-0.25, -0.2) is 0 Å². The second kappa shape index (κ2) is 8.08. The Balaban J connectivity index is 1.85. The standard InChI is InChI=1S/C20H21N3O5/c1-13-11-14(6-8-16(13)23(26)27)20(25)21-15-7-9-18(28-2)17(12-15)22-10-4-3-5-19(22)24/h6-9,11-12H,3-5,10H2,1-2H3,(H,21,25). The maximum Gasteiger partial charge on any atom is 0.272 e. The lowest BCUT2D eigenvalue weighted by Crippen LogP contribution is -2.35. The Morgan fingerprint density at radius 3 is 2.64 bits per heavy atom. The number of methoxy groups -OCH3 is 1. The van der Waals surface area contributed by atoms with Crippen molar-refractivity contribution < 1.29 is 19.2 Å². The van der Waals surface area contributed by atoms with E-state index in [0.29, 0.717) is 41.2 Å². The van der Waals surface area contributed by atoms with E-state index in [2.05, 4.69) is 5.32 Å². The van der Waals surface area contributed by atoms with E-state index in [0.717, 1.165) is 12.8 Å². The predicted molar refractivity (Wildman–Crippen MR) is 105 cm³/mol. The number of benzene rings is 2. The predicted octanol–water partition coefficient (Wildman–Crippen LogP) is 3.68. The molecule has 0 aliphatic carbocycles. The number of nitro benzene ring substituents is 1. The van der Waals surface area contributed by atoms with Gasteiger partial charge in [-0.15, -0.1) is 0 Å². The number of nitrogens with one attached hydrogen (secondary N) is 1. The molecule has 0 radical (unpaired) electrons. The van der Waals surface area contributed by atoms with Crippen molar-refractivity contribution in [3.8, 4) is 5.75 Å². The fraction of sp³-hybridized carbons (Fsp3) is 0.300. The lowest BCUT2D eigenvalue weighted by atomic mass is 10.1. The largest absolute Gasteiger partial charge is 0.495 e. The maximum atomic E-state index is 12.6. The number of piperidine rings is 1. The van der Waals surface area contributed by atoms with Crippen molar-refractivity contribution in [2.75, 3.05) is 23.9 Å². The molecule has 2 aromatic rings. The zero-order valence-electron chi connectivity index (χ0n) is 15.7. The summed E-state index contributed by atoms with van der Waals surface area (Å²) in [5.41, 5.74) is 1.81. The Hall–Kier alpha value is -3.42. The van der Waals surface area contributed by atoms with E-state index in [1.165, 1.54) is 25.3 Å². The molecular formula is C20H21N3O5. The summed E-state index contributed by atoms with van der Waals surface area (Å²) < 4.78 is 5.37. The van der Waals surface area contributed by atoms with Gasteiger partial charge >= 0.3 is 0 Å². The molecule has 8 heteroatoms. The fourth-order valence-electron chi connectivity index (χ4n) is 3.24. The van der Waals surface area contributed by atoms with Gasteiger partial charge in [0.1, 0.15) is 5.75 Å². The number of carbonyl (C=O) groups is 2. The normalized spacial score (nSPS) is 13.9. The van der Waals surface area contributed by atoms with Gasteiger partial charge in [0, 0.05) is 35.8 Å². The van der Waals surface area contributed by atoms with Crippen LogP contribution < -0.4 is 15.0 Å². The number of amides is 2. The first-order valence-electron chi connectivity index (χ1n) is 8.95. The van der Waals surface area contributed by atoms with Gasteiger partial charge in [-0.05, 0) is 50.1 Å². The molecule has 1 heterocycles. The van der Waals surface area contributed by atoms with Crippen molar-refractivity contribution in [1.82, 2.24) is 0 Å². The van der Waals surface area contributed by atoms with E-state index in [-0.39, 0.29) is 17.5 Å². The Labute approximate surface area is 162 Å². The molecule has 0 spiro atoms. The molecule has 2 aromatic carbocycles. The number of carbonyl (C=O) groups excluding carboxylic acids is 2. The summed E-state index contributed by atoms with van der Waals surface area (Å²) in [7, 11) is 1.53. The van der Waals surface area contributed by atoms with E-state index in [1.54, 1.807) is 30.0 Å². The Morgan fingerprint density at radius 1 is 1.21 bits per heavy atom. The minimum atomic E-state index is -0.484. The number of aryl methyl sites for hydroxylation is 1. The van der Waals surface area contributed by atoms with Crippen LogP contribution >= 0.6 is 0 Å². The SMILES string of the molecule is COc1ccc(NC(=O)c2ccc([N+](=O)[O-])c(C)c2)cc1N1CCCCC1=O. The molecule has 1 aliphatic heterocycles. The summed E-state index contributed by atoms with van der Waals surface area (Å²) in [6, 6.07) is 9.31. The van der Waals surface area contributed by atoms with Crippen LogP contribution in [0.3, 0.4) is 0 Å². The van der Waals surface area contributed by atoms with Crippen molar-refractivity contribution >= 4 is 28.9 Å². The molecule has 0 aromatic heterocycles. The lowest BCUT2D eigenvalue weighted by Gasteiger charge is -2.28. The Kier molecular flexibility index (Phi) is 5.58. The van der Waals surface area contributed by atoms with Crippen molar-refractivity contribution in [2.24, 2.45) is 0 Å². The molecule has 1 aliphatic rings. The second-order valence-electron chi connectivity index (χ2n) is 6.60. The molecule has 1 saturated heterocycles. The monoisotopic (exact) mass is 383 g/mol. The number of hydrogen-bond donors (Lipinski definition) is 1. The van der Waals surface area contributed by atoms with Gasteiger partial charge in [0.2, 0.25) is 5.91 Å². The highest BCUT2D eigenvalue weighted by atomic mass is 16.6. The highest BCUT2D eigenvalue weighted by Gasteiger charge is 2.23. The van der Waals surface area contributed by atoms with E-state index in [4.69, 9.17) is 4.74 Å². The molecular weight excluding hydrogens is 362 g/mol. The molecule has 1 N–H and O–H groups in total. The summed E-state index contributed by atoms with van der Waals surface area (Å²) in [4.78, 5) is 37.0. The summed E-state index contributed by atoms with van der Waals surface area (Å²) in [6.07, 6.45) is 2.27.